The standard InChI is InChI=1S/C18H25N5O2/c1-13-8-15(20-25-13)18(24)23-11-16-17(21(2)12-19-16)9-14(23)10-22-6-4-3-5-7-22/h8,12,14H,3-7,9-11H2,1-2H3/t14-/m1/s1. The minimum Gasteiger partial charge on any atom is -0.361 e. The lowest BCUT2D eigenvalue weighted by Gasteiger charge is -2.39. The number of imidazole rings is 1. The van der Waals surface area contributed by atoms with Gasteiger partial charge in [0.2, 0.25) is 0 Å². The lowest BCUT2D eigenvalue weighted by molar-refractivity contribution is 0.0548. The van der Waals surface area contributed by atoms with Crippen LogP contribution >= 0.6 is 0 Å². The monoisotopic (exact) mass is 343 g/mol. The first-order chi connectivity index (χ1) is 12.1. The number of nitrogens with zero attached hydrogens (tertiary/aromatic N) is 5. The molecule has 0 bridgehead atoms. The van der Waals surface area contributed by atoms with Crippen LogP contribution in [-0.2, 0) is 20.0 Å². The summed E-state index contributed by atoms with van der Waals surface area (Å²) in [7, 11) is 2.03. The normalized spacial score (nSPS) is 21.4. The highest BCUT2D eigenvalue weighted by atomic mass is 16.5. The molecule has 0 radical (unpaired) electrons. The molecule has 1 fully saturated rings. The molecule has 7 nitrogen and oxygen atoms in total. The summed E-state index contributed by atoms with van der Waals surface area (Å²) in [4.78, 5) is 21.9. The van der Waals surface area contributed by atoms with Gasteiger partial charge in [-0.1, -0.05) is 11.6 Å². The number of carbonyl (C=O) groups is 1. The molecule has 0 saturated carbocycles. The van der Waals surface area contributed by atoms with Gasteiger partial charge in [-0.3, -0.25) is 4.79 Å². The third kappa shape index (κ3) is 3.20. The number of fused-ring (bicyclic) bond motifs is 1. The maximum absolute atomic E-state index is 13.0. The largest absolute Gasteiger partial charge is 0.361 e. The molecule has 4 heterocycles. The second-order valence-corrected chi connectivity index (χ2v) is 7.22. The fraction of sp³-hybridized carbons (Fsp3) is 0.611. The van der Waals surface area contributed by atoms with Gasteiger partial charge < -0.3 is 18.9 Å². The van der Waals surface area contributed by atoms with Gasteiger partial charge in [0.1, 0.15) is 5.76 Å². The van der Waals surface area contributed by atoms with Crippen molar-refractivity contribution in [2.45, 2.75) is 45.2 Å². The molecular weight excluding hydrogens is 318 g/mol. The number of piperidine rings is 1. The van der Waals surface area contributed by atoms with Crippen LogP contribution in [0.15, 0.2) is 16.9 Å². The van der Waals surface area contributed by atoms with Gasteiger partial charge in [0.15, 0.2) is 5.69 Å². The highest BCUT2D eigenvalue weighted by molar-refractivity contribution is 5.92. The zero-order chi connectivity index (χ0) is 17.4. The molecule has 2 aromatic rings. The van der Waals surface area contributed by atoms with E-state index in [-0.39, 0.29) is 11.9 Å². The topological polar surface area (TPSA) is 67.4 Å². The average molecular weight is 343 g/mol. The molecule has 7 heteroatoms. The Kier molecular flexibility index (Phi) is 4.33. The van der Waals surface area contributed by atoms with E-state index >= 15 is 0 Å². The van der Waals surface area contributed by atoms with Crippen molar-refractivity contribution in [3.05, 3.63) is 35.2 Å². The molecule has 0 aliphatic carbocycles. The Morgan fingerprint density at radius 1 is 1.32 bits per heavy atom. The van der Waals surface area contributed by atoms with Crippen molar-refractivity contribution in [3.8, 4) is 0 Å². The number of hydrogen-bond acceptors (Lipinski definition) is 5. The Morgan fingerprint density at radius 2 is 2.12 bits per heavy atom. The van der Waals surface area contributed by atoms with Crippen LogP contribution in [0.3, 0.4) is 0 Å². The molecule has 0 aromatic carbocycles. The van der Waals surface area contributed by atoms with Crippen LogP contribution in [0.1, 0.15) is 46.9 Å². The number of amides is 1. The quantitative estimate of drug-likeness (QED) is 0.850. The van der Waals surface area contributed by atoms with Crippen molar-refractivity contribution in [1.82, 2.24) is 24.5 Å². The molecule has 0 unspecified atom stereocenters. The zero-order valence-electron chi connectivity index (χ0n) is 14.9. The third-order valence-corrected chi connectivity index (χ3v) is 5.36. The van der Waals surface area contributed by atoms with Crippen LogP contribution in [0.5, 0.6) is 0 Å². The van der Waals surface area contributed by atoms with Crippen LogP contribution in [0.4, 0.5) is 0 Å². The first kappa shape index (κ1) is 16.3. The van der Waals surface area contributed by atoms with E-state index < -0.39 is 0 Å². The molecule has 1 atom stereocenters. The first-order valence-electron chi connectivity index (χ1n) is 9.07. The average Bonchev–Trinajstić information content (AvgIpc) is 3.21. The second kappa shape index (κ2) is 6.63. The number of rotatable bonds is 3. The van der Waals surface area contributed by atoms with E-state index in [9.17, 15) is 4.79 Å². The van der Waals surface area contributed by atoms with Gasteiger partial charge in [-0.25, -0.2) is 4.98 Å². The first-order valence-corrected chi connectivity index (χ1v) is 9.07. The van der Waals surface area contributed by atoms with Crippen molar-refractivity contribution in [1.29, 1.82) is 0 Å². The maximum atomic E-state index is 13.0. The van der Waals surface area contributed by atoms with Gasteiger partial charge in [-0.05, 0) is 32.9 Å². The number of carbonyl (C=O) groups excluding carboxylic acids is 1. The smallest absolute Gasteiger partial charge is 0.276 e. The highest BCUT2D eigenvalue weighted by Crippen LogP contribution is 2.25. The van der Waals surface area contributed by atoms with E-state index in [1.165, 1.54) is 25.0 Å². The van der Waals surface area contributed by atoms with E-state index in [2.05, 4.69) is 19.6 Å². The van der Waals surface area contributed by atoms with Crippen LogP contribution in [0, 0.1) is 6.92 Å². The lowest BCUT2D eigenvalue weighted by atomic mass is 10.00. The van der Waals surface area contributed by atoms with Crippen molar-refractivity contribution in [2.24, 2.45) is 7.05 Å². The second-order valence-electron chi connectivity index (χ2n) is 7.22. The molecule has 25 heavy (non-hydrogen) atoms. The van der Waals surface area contributed by atoms with E-state index in [4.69, 9.17) is 4.52 Å². The summed E-state index contributed by atoms with van der Waals surface area (Å²) in [5, 5.41) is 3.93. The van der Waals surface area contributed by atoms with E-state index in [0.29, 0.717) is 18.0 Å². The molecule has 2 aliphatic heterocycles. The molecule has 4 rings (SSSR count). The number of hydrogen-bond donors (Lipinski definition) is 0. The van der Waals surface area contributed by atoms with Gasteiger partial charge in [0, 0.05) is 31.8 Å². The summed E-state index contributed by atoms with van der Waals surface area (Å²) in [6.45, 7) is 5.51. The molecule has 0 spiro atoms. The Balaban J connectivity index is 1.59. The van der Waals surface area contributed by atoms with Crippen molar-refractivity contribution in [3.63, 3.8) is 0 Å². The highest BCUT2D eigenvalue weighted by Gasteiger charge is 2.35. The van der Waals surface area contributed by atoms with Crippen molar-refractivity contribution in [2.75, 3.05) is 19.6 Å². The third-order valence-electron chi connectivity index (χ3n) is 5.36. The predicted molar refractivity (Wildman–Crippen MR) is 92.1 cm³/mol. The summed E-state index contributed by atoms with van der Waals surface area (Å²) >= 11 is 0. The fourth-order valence-corrected chi connectivity index (χ4v) is 3.98. The van der Waals surface area contributed by atoms with E-state index in [1.54, 1.807) is 6.07 Å². The lowest BCUT2D eigenvalue weighted by Crippen LogP contribution is -2.51. The molecule has 134 valence electrons. The van der Waals surface area contributed by atoms with E-state index in [1.807, 2.05) is 25.2 Å². The minimum atomic E-state index is -0.0600. The Labute approximate surface area is 147 Å². The maximum Gasteiger partial charge on any atom is 0.276 e. The Bertz CT molecular complexity index is 759. The van der Waals surface area contributed by atoms with E-state index in [0.717, 1.165) is 31.7 Å². The van der Waals surface area contributed by atoms with Crippen LogP contribution in [0.25, 0.3) is 0 Å². The molecule has 2 aliphatic rings. The summed E-state index contributed by atoms with van der Waals surface area (Å²) < 4.78 is 7.19. The van der Waals surface area contributed by atoms with Gasteiger partial charge in [0.05, 0.1) is 24.6 Å². The van der Waals surface area contributed by atoms with Gasteiger partial charge in [-0.2, -0.15) is 0 Å². The summed E-state index contributed by atoms with van der Waals surface area (Å²) in [5.41, 5.74) is 2.62. The summed E-state index contributed by atoms with van der Waals surface area (Å²) in [6, 6.07) is 1.86. The summed E-state index contributed by atoms with van der Waals surface area (Å²) in [6.07, 6.45) is 6.50. The number of aryl methyl sites for hydroxylation is 2. The van der Waals surface area contributed by atoms with Crippen LogP contribution in [-0.4, -0.2) is 56.1 Å². The fourth-order valence-electron chi connectivity index (χ4n) is 3.98. The molecular formula is C18H25N5O2. The van der Waals surface area contributed by atoms with Gasteiger partial charge >= 0.3 is 0 Å². The predicted octanol–water partition coefficient (Wildman–Crippen LogP) is 1.77. The molecule has 2 aromatic heterocycles. The Morgan fingerprint density at radius 3 is 2.84 bits per heavy atom. The SMILES string of the molecule is Cc1cc(C(=O)N2Cc3ncn(C)c3C[C@@H]2CN2CCCCC2)no1. The summed E-state index contributed by atoms with van der Waals surface area (Å²) in [5.74, 6) is 0.599. The van der Waals surface area contributed by atoms with Gasteiger partial charge in [0.25, 0.3) is 5.91 Å². The number of aromatic nitrogens is 3. The molecule has 1 amide bonds. The van der Waals surface area contributed by atoms with Crippen molar-refractivity contribution >= 4 is 5.91 Å². The number of likely N-dealkylation sites (tertiary alicyclic amines) is 1. The van der Waals surface area contributed by atoms with Gasteiger partial charge in [-0.15, -0.1) is 0 Å². The zero-order valence-corrected chi connectivity index (χ0v) is 14.9. The minimum absolute atomic E-state index is 0.0600. The van der Waals surface area contributed by atoms with Crippen LogP contribution < -0.4 is 0 Å². The van der Waals surface area contributed by atoms with Crippen molar-refractivity contribution < 1.29 is 9.32 Å². The van der Waals surface area contributed by atoms with Crippen LogP contribution in [0.2, 0.25) is 0 Å². The molecule has 0 N–H and O–H groups in total. The molecule has 1 saturated heterocycles. The Hall–Kier alpha value is -2.15.